The summed E-state index contributed by atoms with van der Waals surface area (Å²) >= 11 is 0. The van der Waals surface area contributed by atoms with Crippen LogP contribution in [0.2, 0.25) is 0 Å². The molecule has 2 bridgehead atoms. The van der Waals surface area contributed by atoms with Crippen LogP contribution in [0.5, 0.6) is 0 Å². The maximum absolute atomic E-state index is 2.59. The van der Waals surface area contributed by atoms with Crippen molar-refractivity contribution in [3.8, 4) is 0 Å². The van der Waals surface area contributed by atoms with Crippen molar-refractivity contribution in [1.82, 2.24) is 4.90 Å². The Hall–Kier alpha value is -0.0400. The molecule has 1 heteroatoms. The first-order valence-electron chi connectivity index (χ1n) is 5.83. The van der Waals surface area contributed by atoms with Gasteiger partial charge in [-0.3, -0.25) is 0 Å². The fraction of sp³-hybridized carbons (Fsp3) is 1.00. The van der Waals surface area contributed by atoms with Gasteiger partial charge in [-0.15, -0.1) is 0 Å². The first-order chi connectivity index (χ1) is 6.13. The van der Waals surface area contributed by atoms with E-state index >= 15 is 0 Å². The lowest BCUT2D eigenvalue weighted by Crippen LogP contribution is -2.34. The van der Waals surface area contributed by atoms with Gasteiger partial charge in [0.2, 0.25) is 0 Å². The fourth-order valence-electron chi connectivity index (χ4n) is 4.89. The molecule has 3 aliphatic rings. The number of fused-ring (bicyclic) bond motifs is 5. The maximum Gasteiger partial charge on any atom is 0.0101 e. The lowest BCUT2D eigenvalue weighted by Gasteiger charge is -2.36. The second-order valence-electron chi connectivity index (χ2n) is 5.96. The maximum atomic E-state index is 2.59. The smallest absolute Gasteiger partial charge is 0.0101 e. The molecule has 0 N–H and O–H groups in total. The van der Waals surface area contributed by atoms with Crippen molar-refractivity contribution in [2.45, 2.75) is 39.2 Å². The third kappa shape index (κ3) is 0.823. The monoisotopic (exact) mass is 179 g/mol. The molecule has 5 atom stereocenters. The van der Waals surface area contributed by atoms with Gasteiger partial charge in [-0.25, -0.2) is 0 Å². The minimum Gasteiger partial charge on any atom is -0.303 e. The molecule has 2 aliphatic carbocycles. The summed E-state index contributed by atoms with van der Waals surface area (Å²) in [5.41, 5.74) is 0.692. The third-order valence-corrected chi connectivity index (χ3v) is 5.48. The Balaban J connectivity index is 1.99. The van der Waals surface area contributed by atoms with Crippen LogP contribution in [0.25, 0.3) is 0 Å². The standard InChI is InChI=1S/C12H21N/c1-8-11-9-4-5-10(6-9)12(11,2)7-13(8)3/h8-11H,4-7H2,1-3H3/t8-,9?,10?,11+,12-/m1/s1. The molecule has 2 unspecified atom stereocenters. The molecule has 13 heavy (non-hydrogen) atoms. The summed E-state index contributed by atoms with van der Waals surface area (Å²) in [6.07, 6.45) is 4.61. The second kappa shape index (κ2) is 2.31. The van der Waals surface area contributed by atoms with Gasteiger partial charge in [0.25, 0.3) is 0 Å². The number of hydrogen-bond acceptors (Lipinski definition) is 1. The predicted molar refractivity (Wildman–Crippen MR) is 54.5 cm³/mol. The van der Waals surface area contributed by atoms with Crippen molar-refractivity contribution in [2.75, 3.05) is 13.6 Å². The highest BCUT2D eigenvalue weighted by atomic mass is 15.2. The molecule has 1 saturated heterocycles. The van der Waals surface area contributed by atoms with E-state index in [2.05, 4.69) is 25.8 Å². The van der Waals surface area contributed by atoms with Crippen LogP contribution < -0.4 is 0 Å². The Bertz CT molecular complexity index is 235. The number of likely N-dealkylation sites (tertiary alicyclic amines) is 1. The summed E-state index contributed by atoms with van der Waals surface area (Å²) in [7, 11) is 2.31. The molecule has 1 aliphatic heterocycles. The largest absolute Gasteiger partial charge is 0.303 e. The highest BCUT2D eigenvalue weighted by Crippen LogP contribution is 2.63. The normalized spacial score (nSPS) is 60.2. The SMILES string of the molecule is C[C@@H]1[C@H]2C3CCC(C3)[C@@]2(C)CN1C. The molecule has 2 saturated carbocycles. The average molecular weight is 179 g/mol. The Labute approximate surface area is 81.5 Å². The van der Waals surface area contributed by atoms with E-state index in [0.29, 0.717) is 5.41 Å². The molecular weight excluding hydrogens is 158 g/mol. The molecule has 0 aromatic rings. The summed E-state index contributed by atoms with van der Waals surface area (Å²) < 4.78 is 0. The molecular formula is C12H21N. The van der Waals surface area contributed by atoms with Gasteiger partial charge in [0, 0.05) is 12.6 Å². The zero-order valence-corrected chi connectivity index (χ0v) is 9.09. The van der Waals surface area contributed by atoms with E-state index in [9.17, 15) is 0 Å². The van der Waals surface area contributed by atoms with Gasteiger partial charge in [0.1, 0.15) is 0 Å². The van der Waals surface area contributed by atoms with Gasteiger partial charge >= 0.3 is 0 Å². The van der Waals surface area contributed by atoms with Gasteiger partial charge in [-0.2, -0.15) is 0 Å². The van der Waals surface area contributed by atoms with Crippen LogP contribution in [0.1, 0.15) is 33.1 Å². The van der Waals surface area contributed by atoms with Crippen molar-refractivity contribution < 1.29 is 0 Å². The molecule has 1 heterocycles. The lowest BCUT2D eigenvalue weighted by molar-refractivity contribution is 0.142. The van der Waals surface area contributed by atoms with Crippen LogP contribution in [0.15, 0.2) is 0 Å². The highest BCUT2D eigenvalue weighted by molar-refractivity contribution is 5.11. The van der Waals surface area contributed by atoms with Gasteiger partial charge in [-0.1, -0.05) is 6.92 Å². The average Bonchev–Trinajstić information content (AvgIpc) is 2.65. The lowest BCUT2D eigenvalue weighted by atomic mass is 9.68. The van der Waals surface area contributed by atoms with Crippen molar-refractivity contribution in [3.05, 3.63) is 0 Å². The van der Waals surface area contributed by atoms with Crippen molar-refractivity contribution in [3.63, 3.8) is 0 Å². The minimum atomic E-state index is 0.692. The minimum absolute atomic E-state index is 0.692. The van der Waals surface area contributed by atoms with Crippen molar-refractivity contribution in [1.29, 1.82) is 0 Å². The molecule has 0 amide bonds. The van der Waals surface area contributed by atoms with Gasteiger partial charge < -0.3 is 4.90 Å². The molecule has 0 aromatic carbocycles. The summed E-state index contributed by atoms with van der Waals surface area (Å²) in [5, 5.41) is 0. The quantitative estimate of drug-likeness (QED) is 0.552. The Kier molecular flexibility index (Phi) is 1.47. The molecule has 0 spiro atoms. The van der Waals surface area contributed by atoms with Gasteiger partial charge in [0.15, 0.2) is 0 Å². The van der Waals surface area contributed by atoms with Crippen LogP contribution in [-0.4, -0.2) is 24.5 Å². The van der Waals surface area contributed by atoms with E-state index in [1.54, 1.807) is 6.42 Å². The van der Waals surface area contributed by atoms with Crippen LogP contribution in [0, 0.1) is 23.2 Å². The van der Waals surface area contributed by atoms with E-state index in [0.717, 1.165) is 23.8 Å². The van der Waals surface area contributed by atoms with Crippen LogP contribution in [-0.2, 0) is 0 Å². The topological polar surface area (TPSA) is 3.24 Å². The number of nitrogens with zero attached hydrogens (tertiary/aromatic N) is 1. The summed E-state index contributed by atoms with van der Waals surface area (Å²) in [6.45, 7) is 6.36. The van der Waals surface area contributed by atoms with Crippen LogP contribution in [0.4, 0.5) is 0 Å². The predicted octanol–water partition coefficient (Wildman–Crippen LogP) is 2.37. The van der Waals surface area contributed by atoms with E-state index in [1.165, 1.54) is 19.4 Å². The first kappa shape index (κ1) is 8.28. The first-order valence-corrected chi connectivity index (χ1v) is 5.83. The number of rotatable bonds is 0. The molecule has 3 fully saturated rings. The fourth-order valence-corrected chi connectivity index (χ4v) is 4.89. The van der Waals surface area contributed by atoms with Gasteiger partial charge in [0.05, 0.1) is 0 Å². The summed E-state index contributed by atoms with van der Waals surface area (Å²) in [6, 6.07) is 0.847. The highest BCUT2D eigenvalue weighted by Gasteiger charge is 2.61. The van der Waals surface area contributed by atoms with E-state index < -0.39 is 0 Å². The van der Waals surface area contributed by atoms with Crippen molar-refractivity contribution >= 4 is 0 Å². The number of hydrogen-bond donors (Lipinski definition) is 0. The zero-order valence-electron chi connectivity index (χ0n) is 9.09. The molecule has 3 rings (SSSR count). The van der Waals surface area contributed by atoms with E-state index in [4.69, 9.17) is 0 Å². The second-order valence-corrected chi connectivity index (χ2v) is 5.96. The summed E-state index contributed by atoms with van der Waals surface area (Å²) in [4.78, 5) is 2.59. The van der Waals surface area contributed by atoms with Crippen LogP contribution >= 0.6 is 0 Å². The Morgan fingerprint density at radius 3 is 2.77 bits per heavy atom. The summed E-state index contributed by atoms with van der Waals surface area (Å²) in [5.74, 6) is 3.17. The van der Waals surface area contributed by atoms with Gasteiger partial charge in [-0.05, 0) is 56.4 Å². The van der Waals surface area contributed by atoms with E-state index in [-0.39, 0.29) is 0 Å². The van der Waals surface area contributed by atoms with Crippen LogP contribution in [0.3, 0.4) is 0 Å². The molecule has 74 valence electrons. The Morgan fingerprint density at radius 1 is 1.31 bits per heavy atom. The third-order valence-electron chi connectivity index (χ3n) is 5.48. The molecule has 1 nitrogen and oxygen atoms in total. The molecule has 0 aromatic heterocycles. The van der Waals surface area contributed by atoms with E-state index in [1.807, 2.05) is 0 Å². The zero-order chi connectivity index (χ0) is 9.22. The van der Waals surface area contributed by atoms with Crippen molar-refractivity contribution in [2.24, 2.45) is 23.2 Å². The molecule has 0 radical (unpaired) electrons. The Morgan fingerprint density at radius 2 is 2.08 bits per heavy atom.